The molecule has 0 aromatic heterocycles. The highest BCUT2D eigenvalue weighted by Crippen LogP contribution is 2.27. The van der Waals surface area contributed by atoms with E-state index in [0.717, 1.165) is 63.0 Å². The first-order valence-electron chi connectivity index (χ1n) is 10.8. The van der Waals surface area contributed by atoms with E-state index >= 15 is 0 Å². The molecule has 2 fully saturated rings. The second kappa shape index (κ2) is 8.91. The molecule has 2 aromatic carbocycles. The smallest absolute Gasteiger partial charge is 0.219 e. The first kappa shape index (κ1) is 19.8. The van der Waals surface area contributed by atoms with E-state index in [1.807, 2.05) is 35.2 Å². The zero-order valence-corrected chi connectivity index (χ0v) is 17.2. The third-order valence-corrected chi connectivity index (χ3v) is 6.53. The average molecular weight is 391 g/mol. The van der Waals surface area contributed by atoms with Gasteiger partial charge in [-0.1, -0.05) is 54.6 Å². The predicted molar refractivity (Wildman–Crippen MR) is 116 cm³/mol. The quantitative estimate of drug-likeness (QED) is 0.733. The summed E-state index contributed by atoms with van der Waals surface area (Å²) in [5, 5.41) is 0. The van der Waals surface area contributed by atoms with E-state index in [0.29, 0.717) is 6.04 Å². The summed E-state index contributed by atoms with van der Waals surface area (Å²) in [4.78, 5) is 29.1. The summed E-state index contributed by atoms with van der Waals surface area (Å²) in [6, 6.07) is 18.8. The Morgan fingerprint density at radius 1 is 0.828 bits per heavy atom. The van der Waals surface area contributed by atoms with Gasteiger partial charge in [0.2, 0.25) is 5.91 Å². The minimum absolute atomic E-state index is 0.0807. The van der Waals surface area contributed by atoms with Gasteiger partial charge >= 0.3 is 0 Å². The number of carbonyl (C=O) groups is 2. The second-order valence-electron chi connectivity index (χ2n) is 8.38. The van der Waals surface area contributed by atoms with Gasteiger partial charge in [-0.15, -0.1) is 0 Å². The topological polar surface area (TPSA) is 40.6 Å². The summed E-state index contributed by atoms with van der Waals surface area (Å²) < 4.78 is 0. The molecule has 0 saturated carbocycles. The summed E-state index contributed by atoms with van der Waals surface area (Å²) in [5.74, 6) is 0.529. The van der Waals surface area contributed by atoms with Crippen LogP contribution in [0, 0.1) is 5.92 Å². The van der Waals surface area contributed by atoms with Crippen LogP contribution in [0.4, 0.5) is 0 Å². The maximum absolute atomic E-state index is 13.1. The van der Waals surface area contributed by atoms with Gasteiger partial charge in [0.05, 0.1) is 0 Å². The highest BCUT2D eigenvalue weighted by Gasteiger charge is 2.32. The van der Waals surface area contributed by atoms with Gasteiger partial charge in [0.25, 0.3) is 0 Å². The first-order chi connectivity index (χ1) is 14.1. The minimum atomic E-state index is 0.0807. The molecule has 0 bridgehead atoms. The monoisotopic (exact) mass is 390 g/mol. The Morgan fingerprint density at radius 2 is 1.48 bits per heavy atom. The third-order valence-electron chi connectivity index (χ3n) is 6.53. The van der Waals surface area contributed by atoms with Crippen LogP contribution in [0.5, 0.6) is 0 Å². The van der Waals surface area contributed by atoms with Gasteiger partial charge in [0, 0.05) is 44.1 Å². The SMILES string of the molecule is CC(=O)N1CCC(N2CCC[C@@H](C(=O)c3ccc(-c4ccccc4)cc3)C2)CC1. The molecule has 2 saturated heterocycles. The van der Waals surface area contributed by atoms with Crippen molar-refractivity contribution in [1.29, 1.82) is 0 Å². The van der Waals surface area contributed by atoms with Gasteiger partial charge < -0.3 is 4.90 Å². The largest absolute Gasteiger partial charge is 0.343 e. The van der Waals surface area contributed by atoms with Crippen LogP contribution in [0.25, 0.3) is 11.1 Å². The summed E-state index contributed by atoms with van der Waals surface area (Å²) in [6.07, 6.45) is 4.09. The van der Waals surface area contributed by atoms with Gasteiger partial charge in [0.15, 0.2) is 5.78 Å². The van der Waals surface area contributed by atoms with Crippen molar-refractivity contribution < 1.29 is 9.59 Å². The molecule has 1 atom stereocenters. The van der Waals surface area contributed by atoms with Crippen LogP contribution in [0.3, 0.4) is 0 Å². The highest BCUT2D eigenvalue weighted by atomic mass is 16.2. The molecule has 4 heteroatoms. The lowest BCUT2D eigenvalue weighted by molar-refractivity contribution is -0.130. The third kappa shape index (κ3) is 4.59. The zero-order chi connectivity index (χ0) is 20.2. The van der Waals surface area contributed by atoms with E-state index < -0.39 is 0 Å². The predicted octanol–water partition coefficient (Wildman–Crippen LogP) is 4.26. The van der Waals surface area contributed by atoms with Crippen molar-refractivity contribution in [3.63, 3.8) is 0 Å². The molecule has 152 valence electrons. The van der Waals surface area contributed by atoms with Crippen LogP contribution in [0.15, 0.2) is 54.6 Å². The molecule has 0 unspecified atom stereocenters. The number of piperidine rings is 2. The van der Waals surface area contributed by atoms with Crippen molar-refractivity contribution in [3.05, 3.63) is 60.2 Å². The van der Waals surface area contributed by atoms with Crippen LogP contribution in [0.1, 0.15) is 43.0 Å². The van der Waals surface area contributed by atoms with Crippen molar-refractivity contribution in [2.75, 3.05) is 26.2 Å². The van der Waals surface area contributed by atoms with Gasteiger partial charge in [-0.25, -0.2) is 0 Å². The lowest BCUT2D eigenvalue weighted by atomic mass is 9.87. The molecule has 29 heavy (non-hydrogen) atoms. The molecule has 2 heterocycles. The number of hydrogen-bond donors (Lipinski definition) is 0. The number of Topliss-reactive ketones (excluding diaryl/α,β-unsaturated/α-hetero) is 1. The molecule has 4 rings (SSSR count). The first-order valence-corrected chi connectivity index (χ1v) is 10.8. The van der Waals surface area contributed by atoms with E-state index in [9.17, 15) is 9.59 Å². The maximum atomic E-state index is 13.1. The normalized spacial score (nSPS) is 21.1. The van der Waals surface area contributed by atoms with Crippen LogP contribution in [-0.2, 0) is 4.79 Å². The standard InChI is InChI=1S/C25H30N2O2/c1-19(28)26-16-13-24(14-17-26)27-15-5-8-23(18-27)25(29)22-11-9-21(10-12-22)20-6-3-2-4-7-20/h2-4,6-7,9-12,23-24H,5,8,13-18H2,1H3/t23-/m1/s1. The molecule has 0 N–H and O–H groups in total. The zero-order valence-electron chi connectivity index (χ0n) is 17.2. The van der Waals surface area contributed by atoms with Gasteiger partial charge in [-0.05, 0) is 43.4 Å². The van der Waals surface area contributed by atoms with E-state index in [1.54, 1.807) is 6.92 Å². The Bertz CT molecular complexity index is 839. The Balaban J connectivity index is 1.38. The van der Waals surface area contributed by atoms with Crippen LogP contribution in [-0.4, -0.2) is 53.7 Å². The highest BCUT2D eigenvalue weighted by molar-refractivity contribution is 5.98. The van der Waals surface area contributed by atoms with Crippen molar-refractivity contribution in [1.82, 2.24) is 9.80 Å². The van der Waals surface area contributed by atoms with Gasteiger partial charge in [-0.2, -0.15) is 0 Å². The number of benzene rings is 2. The molecule has 2 aliphatic rings. The second-order valence-corrected chi connectivity index (χ2v) is 8.38. The molecule has 0 aliphatic carbocycles. The van der Waals surface area contributed by atoms with Gasteiger partial charge in [-0.3, -0.25) is 14.5 Å². The fourth-order valence-corrected chi connectivity index (χ4v) is 4.79. The molecule has 0 radical (unpaired) electrons. The number of amides is 1. The molecular formula is C25H30N2O2. The number of likely N-dealkylation sites (tertiary alicyclic amines) is 2. The number of rotatable bonds is 4. The molecular weight excluding hydrogens is 360 g/mol. The molecule has 4 nitrogen and oxygen atoms in total. The van der Waals surface area contributed by atoms with Crippen molar-refractivity contribution in [2.24, 2.45) is 5.92 Å². The lowest BCUT2D eigenvalue weighted by Crippen LogP contribution is -2.50. The molecule has 1 amide bonds. The van der Waals surface area contributed by atoms with E-state index in [2.05, 4.69) is 29.2 Å². The average Bonchev–Trinajstić information content (AvgIpc) is 2.79. The number of carbonyl (C=O) groups excluding carboxylic acids is 2. The van der Waals surface area contributed by atoms with Crippen LogP contribution >= 0.6 is 0 Å². The lowest BCUT2D eigenvalue weighted by Gasteiger charge is -2.41. The van der Waals surface area contributed by atoms with E-state index in [-0.39, 0.29) is 17.6 Å². The summed E-state index contributed by atoms with van der Waals surface area (Å²) in [5.41, 5.74) is 3.14. The fourth-order valence-electron chi connectivity index (χ4n) is 4.79. The summed E-state index contributed by atoms with van der Waals surface area (Å²) in [6.45, 7) is 5.26. The summed E-state index contributed by atoms with van der Waals surface area (Å²) >= 11 is 0. The van der Waals surface area contributed by atoms with Crippen molar-refractivity contribution in [2.45, 2.75) is 38.6 Å². The Hall–Kier alpha value is -2.46. The Labute approximate surface area is 173 Å². The fraction of sp³-hybridized carbons (Fsp3) is 0.440. The molecule has 2 aromatic rings. The van der Waals surface area contributed by atoms with Crippen LogP contribution in [0.2, 0.25) is 0 Å². The number of ketones is 1. The summed E-state index contributed by atoms with van der Waals surface area (Å²) in [7, 11) is 0. The maximum Gasteiger partial charge on any atom is 0.219 e. The van der Waals surface area contributed by atoms with Gasteiger partial charge in [0.1, 0.15) is 0 Å². The Morgan fingerprint density at radius 3 is 2.14 bits per heavy atom. The van der Waals surface area contributed by atoms with E-state index in [1.165, 1.54) is 5.56 Å². The van der Waals surface area contributed by atoms with E-state index in [4.69, 9.17) is 0 Å². The molecule has 2 aliphatic heterocycles. The van der Waals surface area contributed by atoms with Crippen LogP contribution < -0.4 is 0 Å². The number of nitrogens with zero attached hydrogens (tertiary/aromatic N) is 2. The Kier molecular flexibility index (Phi) is 6.10. The molecule has 0 spiro atoms. The number of hydrogen-bond acceptors (Lipinski definition) is 3. The van der Waals surface area contributed by atoms with Crippen molar-refractivity contribution >= 4 is 11.7 Å². The van der Waals surface area contributed by atoms with Crippen molar-refractivity contribution in [3.8, 4) is 11.1 Å². The minimum Gasteiger partial charge on any atom is -0.343 e.